The highest BCUT2D eigenvalue weighted by Gasteiger charge is 2.48. The number of rotatable bonds is 2. The van der Waals surface area contributed by atoms with E-state index in [2.05, 4.69) is 0 Å². The van der Waals surface area contributed by atoms with Crippen LogP contribution in [-0.4, -0.2) is 16.2 Å². The van der Waals surface area contributed by atoms with E-state index in [1.165, 1.54) is 0 Å². The predicted molar refractivity (Wildman–Crippen MR) is 56.3 cm³/mol. The lowest BCUT2D eigenvalue weighted by Gasteiger charge is -2.38. The molecule has 0 spiro atoms. The van der Waals surface area contributed by atoms with Crippen LogP contribution in [0.3, 0.4) is 0 Å². The van der Waals surface area contributed by atoms with Crippen LogP contribution in [0.1, 0.15) is 30.4 Å². The van der Waals surface area contributed by atoms with Gasteiger partial charge >= 0.3 is 12.1 Å². The fourth-order valence-electron chi connectivity index (χ4n) is 2.24. The molecule has 0 radical (unpaired) electrons. The van der Waals surface area contributed by atoms with E-state index in [1.807, 2.05) is 0 Å². The molecule has 0 bridgehead atoms. The lowest BCUT2D eigenvalue weighted by Crippen LogP contribution is -2.42. The fraction of sp³-hybridized carbons (Fsp3) is 0.417. The number of halogens is 3. The van der Waals surface area contributed by atoms with Crippen LogP contribution in [0, 0.1) is 0 Å². The van der Waals surface area contributed by atoms with E-state index in [4.69, 9.17) is 5.11 Å². The first-order valence-electron chi connectivity index (χ1n) is 5.41. The van der Waals surface area contributed by atoms with Gasteiger partial charge in [0.25, 0.3) is 0 Å². The standard InChI is InChI=1S/C12H11F3O3/c13-12(14,15)7-2-3-8(9(16)6-7)11(10(17)18)4-1-5-11/h2-3,6,16H,1,4-5H2,(H,17,18). The monoisotopic (exact) mass is 260 g/mol. The van der Waals surface area contributed by atoms with Crippen molar-refractivity contribution in [2.45, 2.75) is 30.9 Å². The lowest BCUT2D eigenvalue weighted by atomic mass is 9.64. The van der Waals surface area contributed by atoms with Crippen molar-refractivity contribution in [1.82, 2.24) is 0 Å². The van der Waals surface area contributed by atoms with Crippen molar-refractivity contribution < 1.29 is 28.2 Å². The summed E-state index contributed by atoms with van der Waals surface area (Å²) in [4.78, 5) is 11.2. The van der Waals surface area contributed by atoms with E-state index < -0.39 is 28.9 Å². The number of phenols is 1. The highest BCUT2D eigenvalue weighted by atomic mass is 19.4. The second-order valence-electron chi connectivity index (χ2n) is 4.47. The molecular formula is C12H11F3O3. The van der Waals surface area contributed by atoms with Gasteiger partial charge in [0.05, 0.1) is 11.0 Å². The minimum atomic E-state index is -4.55. The van der Waals surface area contributed by atoms with Crippen molar-refractivity contribution in [3.8, 4) is 5.75 Å². The zero-order valence-electron chi connectivity index (χ0n) is 9.29. The average Bonchev–Trinajstić information content (AvgIpc) is 2.16. The van der Waals surface area contributed by atoms with Crippen molar-refractivity contribution in [1.29, 1.82) is 0 Å². The van der Waals surface area contributed by atoms with E-state index in [1.54, 1.807) is 0 Å². The van der Waals surface area contributed by atoms with Crippen LogP contribution in [0.15, 0.2) is 18.2 Å². The van der Waals surface area contributed by atoms with Crippen LogP contribution in [0.25, 0.3) is 0 Å². The van der Waals surface area contributed by atoms with E-state index in [-0.39, 0.29) is 5.56 Å². The highest BCUT2D eigenvalue weighted by molar-refractivity contribution is 5.83. The zero-order chi connectivity index (χ0) is 13.6. The van der Waals surface area contributed by atoms with Crippen molar-refractivity contribution in [3.63, 3.8) is 0 Å². The number of phenolic OH excluding ortho intramolecular Hbond substituents is 1. The summed E-state index contributed by atoms with van der Waals surface area (Å²) in [7, 11) is 0. The molecule has 0 saturated heterocycles. The quantitative estimate of drug-likeness (QED) is 0.859. The van der Waals surface area contributed by atoms with Gasteiger partial charge in [-0.15, -0.1) is 0 Å². The first-order valence-corrected chi connectivity index (χ1v) is 5.41. The molecule has 1 saturated carbocycles. The molecule has 1 aromatic rings. The molecule has 0 atom stereocenters. The van der Waals surface area contributed by atoms with Crippen LogP contribution < -0.4 is 0 Å². The van der Waals surface area contributed by atoms with Crippen molar-refractivity contribution in [3.05, 3.63) is 29.3 Å². The largest absolute Gasteiger partial charge is 0.508 e. The third-order valence-corrected chi connectivity index (χ3v) is 3.46. The average molecular weight is 260 g/mol. The van der Waals surface area contributed by atoms with Gasteiger partial charge in [-0.3, -0.25) is 4.79 Å². The number of alkyl halides is 3. The fourth-order valence-corrected chi connectivity index (χ4v) is 2.24. The Bertz CT molecular complexity index is 490. The van der Waals surface area contributed by atoms with Gasteiger partial charge in [-0.05, 0) is 25.0 Å². The molecule has 18 heavy (non-hydrogen) atoms. The topological polar surface area (TPSA) is 57.5 Å². The molecule has 0 heterocycles. The summed E-state index contributed by atoms with van der Waals surface area (Å²) in [6.45, 7) is 0. The van der Waals surface area contributed by atoms with Gasteiger partial charge in [0, 0.05) is 5.56 Å². The predicted octanol–water partition coefficient (Wildman–Crippen LogP) is 2.92. The Kier molecular flexibility index (Phi) is 2.76. The number of benzene rings is 1. The van der Waals surface area contributed by atoms with Crippen LogP contribution >= 0.6 is 0 Å². The maximum atomic E-state index is 12.4. The smallest absolute Gasteiger partial charge is 0.416 e. The molecule has 1 fully saturated rings. The number of aromatic hydroxyl groups is 1. The lowest BCUT2D eigenvalue weighted by molar-refractivity contribution is -0.147. The molecule has 1 aliphatic rings. The summed E-state index contributed by atoms with van der Waals surface area (Å²) in [6, 6.07) is 2.45. The van der Waals surface area contributed by atoms with Gasteiger partial charge < -0.3 is 10.2 Å². The number of hydrogen-bond acceptors (Lipinski definition) is 2. The van der Waals surface area contributed by atoms with E-state index in [0.29, 0.717) is 25.3 Å². The molecule has 0 aliphatic heterocycles. The molecule has 0 aromatic heterocycles. The molecule has 98 valence electrons. The Labute approximate surface area is 101 Å². The summed E-state index contributed by atoms with van der Waals surface area (Å²) in [5, 5.41) is 18.8. The van der Waals surface area contributed by atoms with Gasteiger partial charge in [-0.2, -0.15) is 13.2 Å². The van der Waals surface area contributed by atoms with Crippen molar-refractivity contribution in [2.24, 2.45) is 0 Å². The number of carboxylic acids is 1. The third-order valence-electron chi connectivity index (χ3n) is 3.46. The molecule has 0 amide bonds. The van der Waals surface area contributed by atoms with E-state index >= 15 is 0 Å². The Morgan fingerprint density at radius 2 is 1.89 bits per heavy atom. The maximum absolute atomic E-state index is 12.4. The van der Waals surface area contributed by atoms with E-state index in [9.17, 15) is 23.1 Å². The minimum Gasteiger partial charge on any atom is -0.508 e. The summed E-state index contributed by atoms with van der Waals surface area (Å²) in [5.74, 6) is -1.71. The number of carboxylic acid groups (broad SMARTS) is 1. The molecular weight excluding hydrogens is 249 g/mol. The van der Waals surface area contributed by atoms with E-state index in [0.717, 1.165) is 12.1 Å². The molecule has 1 aliphatic carbocycles. The maximum Gasteiger partial charge on any atom is 0.416 e. The van der Waals surface area contributed by atoms with Gasteiger partial charge in [-0.25, -0.2) is 0 Å². The summed E-state index contributed by atoms with van der Waals surface area (Å²) in [6.07, 6.45) is -3.19. The third kappa shape index (κ3) is 1.81. The molecule has 3 nitrogen and oxygen atoms in total. The second-order valence-corrected chi connectivity index (χ2v) is 4.47. The minimum absolute atomic E-state index is 0.0641. The first kappa shape index (κ1) is 12.7. The normalized spacial score (nSPS) is 18.2. The van der Waals surface area contributed by atoms with Gasteiger partial charge in [0.2, 0.25) is 0 Å². The second kappa shape index (κ2) is 3.90. The number of carbonyl (C=O) groups is 1. The summed E-state index contributed by atoms with van der Waals surface area (Å²) < 4.78 is 37.3. The molecule has 6 heteroatoms. The Balaban J connectivity index is 2.45. The number of hydrogen-bond donors (Lipinski definition) is 2. The molecule has 1 aromatic carbocycles. The van der Waals surface area contributed by atoms with Crippen LogP contribution in [-0.2, 0) is 16.4 Å². The van der Waals surface area contributed by atoms with Crippen LogP contribution in [0.2, 0.25) is 0 Å². The van der Waals surface area contributed by atoms with Gasteiger partial charge in [0.15, 0.2) is 0 Å². The van der Waals surface area contributed by atoms with Crippen molar-refractivity contribution >= 4 is 5.97 Å². The molecule has 0 unspecified atom stereocenters. The zero-order valence-corrected chi connectivity index (χ0v) is 9.29. The Morgan fingerprint density at radius 1 is 1.28 bits per heavy atom. The van der Waals surface area contributed by atoms with Crippen LogP contribution in [0.5, 0.6) is 5.75 Å². The first-order chi connectivity index (χ1) is 8.27. The van der Waals surface area contributed by atoms with Crippen molar-refractivity contribution in [2.75, 3.05) is 0 Å². The highest BCUT2D eigenvalue weighted by Crippen LogP contribution is 2.48. The van der Waals surface area contributed by atoms with Gasteiger partial charge in [0.1, 0.15) is 5.75 Å². The summed E-state index contributed by atoms with van der Waals surface area (Å²) >= 11 is 0. The van der Waals surface area contributed by atoms with Gasteiger partial charge in [-0.1, -0.05) is 12.5 Å². The Hall–Kier alpha value is -1.72. The Morgan fingerprint density at radius 3 is 2.22 bits per heavy atom. The SMILES string of the molecule is O=C(O)C1(c2ccc(C(F)(F)F)cc2O)CCC1. The molecule has 2 N–H and O–H groups in total. The summed E-state index contributed by atoms with van der Waals surface area (Å²) in [5.41, 5.74) is -2.15. The van der Waals surface area contributed by atoms with Crippen LogP contribution in [0.4, 0.5) is 13.2 Å². The molecule has 2 rings (SSSR count). The number of aliphatic carboxylic acids is 1.